The molecule has 0 radical (unpaired) electrons. The molecule has 0 aliphatic heterocycles. The molecule has 0 bridgehead atoms. The van der Waals surface area contributed by atoms with E-state index in [1.807, 2.05) is 30.3 Å². The van der Waals surface area contributed by atoms with Gasteiger partial charge < -0.3 is 10.7 Å². The molecular weight excluding hydrogens is 535 g/mol. The number of hydrogen-bond acceptors (Lipinski definition) is 6. The van der Waals surface area contributed by atoms with Crippen molar-refractivity contribution >= 4 is 38.8 Å². The van der Waals surface area contributed by atoms with Crippen molar-refractivity contribution in [2.75, 3.05) is 5.73 Å². The molecule has 196 valence electrons. The van der Waals surface area contributed by atoms with Gasteiger partial charge in [0.15, 0.2) is 0 Å². The van der Waals surface area contributed by atoms with Crippen LogP contribution in [0.3, 0.4) is 0 Å². The second kappa shape index (κ2) is 9.52. The molecule has 5 aromatic rings. The minimum atomic E-state index is -4.47. The molecule has 38 heavy (non-hydrogen) atoms. The SMILES string of the molecule is CC(C)S(=O)(=O)n1c(N)nc2ccc(-c3nc(-c4ccccc4SC(F)(F)F)[nH]c3-c3ccccc3)cc21. The number of benzene rings is 3. The lowest BCUT2D eigenvalue weighted by Gasteiger charge is -2.11. The molecule has 0 amide bonds. The molecule has 0 fully saturated rings. The van der Waals surface area contributed by atoms with Crippen LogP contribution in [-0.2, 0) is 10.0 Å². The van der Waals surface area contributed by atoms with Crippen LogP contribution in [0.15, 0.2) is 77.7 Å². The molecule has 0 aliphatic rings. The van der Waals surface area contributed by atoms with Gasteiger partial charge in [0, 0.05) is 21.6 Å². The second-order valence-electron chi connectivity index (χ2n) is 8.75. The summed E-state index contributed by atoms with van der Waals surface area (Å²) in [6.45, 7) is 3.10. The molecular formula is C26H22F3N5O2S2. The minimum absolute atomic E-state index is 0.00393. The van der Waals surface area contributed by atoms with Crippen molar-refractivity contribution in [3.8, 4) is 33.9 Å². The van der Waals surface area contributed by atoms with Crippen molar-refractivity contribution in [1.82, 2.24) is 18.9 Å². The number of fused-ring (bicyclic) bond motifs is 1. The first-order chi connectivity index (χ1) is 18.0. The number of anilines is 1. The van der Waals surface area contributed by atoms with Crippen molar-refractivity contribution in [3.05, 3.63) is 72.8 Å². The Morgan fingerprint density at radius 1 is 0.947 bits per heavy atom. The van der Waals surface area contributed by atoms with Gasteiger partial charge in [0.25, 0.3) is 0 Å². The highest BCUT2D eigenvalue weighted by Crippen LogP contribution is 2.42. The zero-order chi connectivity index (χ0) is 27.2. The Balaban J connectivity index is 1.74. The summed E-state index contributed by atoms with van der Waals surface area (Å²) in [6.07, 6.45) is 0. The standard InChI is InChI=1S/C26H22F3N5O2S2/c1-15(2)38(35,36)34-20-14-17(12-13-19(20)31-25(34)30)23-22(16-8-4-3-5-9-16)32-24(33-23)18-10-6-7-11-21(18)37-26(27,28)29/h3-15H,1-2H3,(H2,30,31)(H,32,33). The highest BCUT2D eigenvalue weighted by Gasteiger charge is 2.31. The fraction of sp³-hybridized carbons (Fsp3) is 0.154. The largest absolute Gasteiger partial charge is 0.446 e. The van der Waals surface area contributed by atoms with Crippen molar-refractivity contribution in [2.45, 2.75) is 29.5 Å². The Morgan fingerprint density at radius 2 is 1.63 bits per heavy atom. The number of rotatable bonds is 6. The van der Waals surface area contributed by atoms with Crippen LogP contribution < -0.4 is 5.73 Å². The maximum Gasteiger partial charge on any atom is 0.446 e. The molecule has 12 heteroatoms. The first kappa shape index (κ1) is 25.9. The first-order valence-electron chi connectivity index (χ1n) is 11.5. The maximum absolute atomic E-state index is 13.3. The van der Waals surface area contributed by atoms with Gasteiger partial charge in [0.05, 0.1) is 27.7 Å². The van der Waals surface area contributed by atoms with Gasteiger partial charge in [0.1, 0.15) is 5.82 Å². The summed E-state index contributed by atoms with van der Waals surface area (Å²) in [5.41, 5.74) is 4.78. The molecule has 0 spiro atoms. The van der Waals surface area contributed by atoms with Gasteiger partial charge in [-0.15, -0.1) is 0 Å². The number of halogens is 3. The minimum Gasteiger partial charge on any atom is -0.368 e. The fourth-order valence-corrected chi connectivity index (χ4v) is 5.91. The number of aromatic nitrogens is 4. The van der Waals surface area contributed by atoms with Crippen LogP contribution in [0.25, 0.3) is 44.9 Å². The molecule has 0 unspecified atom stereocenters. The molecule has 2 heterocycles. The number of hydrogen-bond donors (Lipinski definition) is 2. The molecule has 7 nitrogen and oxygen atoms in total. The van der Waals surface area contributed by atoms with E-state index in [2.05, 4.69) is 9.97 Å². The van der Waals surface area contributed by atoms with E-state index in [4.69, 9.17) is 10.7 Å². The molecule has 3 aromatic carbocycles. The van der Waals surface area contributed by atoms with Crippen molar-refractivity contribution in [2.24, 2.45) is 0 Å². The van der Waals surface area contributed by atoms with Crippen LogP contribution in [0, 0.1) is 0 Å². The number of imidazole rings is 2. The van der Waals surface area contributed by atoms with E-state index in [-0.39, 0.29) is 39.5 Å². The predicted octanol–water partition coefficient (Wildman–Crippen LogP) is 6.54. The summed E-state index contributed by atoms with van der Waals surface area (Å²) >= 11 is -0.211. The van der Waals surface area contributed by atoms with Gasteiger partial charge in [-0.3, -0.25) is 0 Å². The average Bonchev–Trinajstić information content (AvgIpc) is 3.44. The lowest BCUT2D eigenvalue weighted by atomic mass is 10.0. The Hall–Kier alpha value is -3.77. The molecule has 2 aromatic heterocycles. The van der Waals surface area contributed by atoms with Gasteiger partial charge >= 0.3 is 5.51 Å². The van der Waals surface area contributed by atoms with E-state index < -0.39 is 20.8 Å². The quantitative estimate of drug-likeness (QED) is 0.230. The summed E-state index contributed by atoms with van der Waals surface area (Å²) in [5, 5.41) is -0.745. The highest BCUT2D eigenvalue weighted by molar-refractivity contribution is 8.00. The zero-order valence-electron chi connectivity index (χ0n) is 20.2. The Bertz CT molecular complexity index is 1740. The third-order valence-corrected chi connectivity index (χ3v) is 8.79. The molecule has 5 rings (SSSR count). The summed E-state index contributed by atoms with van der Waals surface area (Å²) < 4.78 is 66.9. The Kier molecular flexibility index (Phi) is 6.48. The third kappa shape index (κ3) is 4.76. The van der Waals surface area contributed by atoms with Crippen LogP contribution in [0.4, 0.5) is 19.1 Å². The lowest BCUT2D eigenvalue weighted by Crippen LogP contribution is -2.23. The molecule has 0 saturated heterocycles. The van der Waals surface area contributed by atoms with E-state index in [0.717, 1.165) is 9.54 Å². The van der Waals surface area contributed by atoms with Gasteiger partial charge in [-0.2, -0.15) is 13.2 Å². The number of alkyl halides is 3. The van der Waals surface area contributed by atoms with Crippen LogP contribution in [0.2, 0.25) is 0 Å². The van der Waals surface area contributed by atoms with E-state index in [1.54, 1.807) is 44.2 Å². The fourth-order valence-electron chi connectivity index (χ4n) is 4.10. The van der Waals surface area contributed by atoms with Crippen molar-refractivity contribution < 1.29 is 21.6 Å². The van der Waals surface area contributed by atoms with Crippen molar-refractivity contribution in [3.63, 3.8) is 0 Å². The van der Waals surface area contributed by atoms with E-state index in [9.17, 15) is 21.6 Å². The van der Waals surface area contributed by atoms with Crippen LogP contribution >= 0.6 is 11.8 Å². The molecule has 0 saturated carbocycles. The van der Waals surface area contributed by atoms with E-state index >= 15 is 0 Å². The van der Waals surface area contributed by atoms with Gasteiger partial charge in [-0.25, -0.2) is 22.4 Å². The summed E-state index contributed by atoms with van der Waals surface area (Å²) in [7, 11) is -3.82. The smallest absolute Gasteiger partial charge is 0.368 e. The Labute approximate surface area is 221 Å². The van der Waals surface area contributed by atoms with Crippen LogP contribution in [0.1, 0.15) is 13.8 Å². The summed E-state index contributed by atoms with van der Waals surface area (Å²) in [6, 6.07) is 20.3. The maximum atomic E-state index is 13.3. The zero-order valence-corrected chi connectivity index (χ0v) is 21.8. The van der Waals surface area contributed by atoms with E-state index in [0.29, 0.717) is 22.5 Å². The number of nitrogens with one attached hydrogen (secondary N) is 1. The number of nitrogen functional groups attached to an aromatic ring is 1. The molecule has 3 N–H and O–H groups in total. The summed E-state index contributed by atoms with van der Waals surface area (Å²) in [5.74, 6) is 0.0871. The summed E-state index contributed by atoms with van der Waals surface area (Å²) in [4.78, 5) is 12.1. The lowest BCUT2D eigenvalue weighted by molar-refractivity contribution is -0.0328. The normalized spacial score (nSPS) is 12.5. The average molecular weight is 558 g/mol. The van der Waals surface area contributed by atoms with Gasteiger partial charge in [0.2, 0.25) is 16.0 Å². The highest BCUT2D eigenvalue weighted by atomic mass is 32.2. The predicted molar refractivity (Wildman–Crippen MR) is 144 cm³/mol. The number of nitrogens with zero attached hydrogens (tertiary/aromatic N) is 3. The number of aromatic amines is 1. The molecule has 0 aliphatic carbocycles. The van der Waals surface area contributed by atoms with Crippen LogP contribution in [0.5, 0.6) is 0 Å². The number of nitrogens with two attached hydrogens (primary N) is 1. The second-order valence-corrected chi connectivity index (χ2v) is 12.2. The Morgan fingerprint density at radius 3 is 2.32 bits per heavy atom. The monoisotopic (exact) mass is 557 g/mol. The van der Waals surface area contributed by atoms with Gasteiger partial charge in [-0.1, -0.05) is 54.6 Å². The van der Waals surface area contributed by atoms with E-state index in [1.165, 1.54) is 12.1 Å². The van der Waals surface area contributed by atoms with Gasteiger partial charge in [-0.05, 0) is 43.8 Å². The number of thioether (sulfide) groups is 1. The third-order valence-electron chi connectivity index (χ3n) is 5.90. The number of H-pyrrole nitrogens is 1. The van der Waals surface area contributed by atoms with Crippen molar-refractivity contribution in [1.29, 1.82) is 0 Å². The van der Waals surface area contributed by atoms with Crippen LogP contribution in [-0.4, -0.2) is 38.1 Å². The topological polar surface area (TPSA) is 107 Å². The molecule has 0 atom stereocenters. The first-order valence-corrected chi connectivity index (χ1v) is 13.8.